The smallest absolute Gasteiger partial charge is 0.232 e. The van der Waals surface area contributed by atoms with Crippen LogP contribution in [0.2, 0.25) is 0 Å². The molecule has 0 aliphatic carbocycles. The van der Waals surface area contributed by atoms with Crippen LogP contribution in [0, 0.1) is 5.92 Å². The van der Waals surface area contributed by atoms with Crippen molar-refractivity contribution in [1.82, 2.24) is 0 Å². The molecule has 0 N–H and O–H groups in total. The SMILES string of the molecule is O=S(=O)(Cl)CC1CC2CCC1O2. The quantitative estimate of drug-likeness (QED) is 0.642. The van der Waals surface area contributed by atoms with E-state index in [1.54, 1.807) is 0 Å². The summed E-state index contributed by atoms with van der Waals surface area (Å²) in [6, 6.07) is 0. The maximum absolute atomic E-state index is 10.8. The molecule has 3 atom stereocenters. The van der Waals surface area contributed by atoms with Gasteiger partial charge in [-0.25, -0.2) is 8.42 Å². The molecule has 2 bridgehead atoms. The molecule has 12 heavy (non-hydrogen) atoms. The number of rotatable bonds is 2. The van der Waals surface area contributed by atoms with E-state index in [9.17, 15) is 8.42 Å². The third-order valence-electron chi connectivity index (χ3n) is 2.64. The maximum Gasteiger partial charge on any atom is 0.232 e. The van der Waals surface area contributed by atoms with E-state index in [0.29, 0.717) is 6.10 Å². The zero-order chi connectivity index (χ0) is 8.77. The highest BCUT2D eigenvalue weighted by atomic mass is 35.7. The standard InChI is InChI=1S/C7H11ClO3S/c8-12(9,10)4-5-3-6-1-2-7(5)11-6/h5-7H,1-4H2. The first-order valence-corrected chi connectivity index (χ1v) is 6.60. The van der Waals surface area contributed by atoms with Gasteiger partial charge >= 0.3 is 0 Å². The van der Waals surface area contributed by atoms with Crippen molar-refractivity contribution >= 4 is 19.7 Å². The van der Waals surface area contributed by atoms with E-state index < -0.39 is 9.05 Å². The fourth-order valence-electron chi connectivity index (χ4n) is 2.17. The van der Waals surface area contributed by atoms with Gasteiger partial charge in [0, 0.05) is 16.6 Å². The van der Waals surface area contributed by atoms with Gasteiger partial charge in [-0.05, 0) is 19.3 Å². The summed E-state index contributed by atoms with van der Waals surface area (Å²) in [5.74, 6) is 0.224. The van der Waals surface area contributed by atoms with Crippen LogP contribution >= 0.6 is 10.7 Å². The average molecular weight is 211 g/mol. The lowest BCUT2D eigenvalue weighted by Gasteiger charge is -2.15. The van der Waals surface area contributed by atoms with Gasteiger partial charge in [-0.3, -0.25) is 0 Å². The summed E-state index contributed by atoms with van der Waals surface area (Å²) in [4.78, 5) is 0. The van der Waals surface area contributed by atoms with Crippen molar-refractivity contribution in [2.24, 2.45) is 5.92 Å². The van der Waals surface area contributed by atoms with Gasteiger partial charge in [0.2, 0.25) is 9.05 Å². The minimum absolute atomic E-state index is 0.0791. The molecule has 3 nitrogen and oxygen atoms in total. The highest BCUT2D eigenvalue weighted by molar-refractivity contribution is 8.13. The van der Waals surface area contributed by atoms with Crippen molar-refractivity contribution in [3.8, 4) is 0 Å². The normalized spacial score (nSPS) is 40.6. The van der Waals surface area contributed by atoms with Crippen LogP contribution in [0.3, 0.4) is 0 Å². The van der Waals surface area contributed by atoms with E-state index in [0.717, 1.165) is 19.3 Å². The third kappa shape index (κ3) is 1.75. The number of hydrogen-bond donors (Lipinski definition) is 0. The van der Waals surface area contributed by atoms with Gasteiger partial charge in [-0.15, -0.1) is 0 Å². The van der Waals surface area contributed by atoms with Crippen molar-refractivity contribution in [2.75, 3.05) is 5.75 Å². The van der Waals surface area contributed by atoms with Crippen LogP contribution in [0.4, 0.5) is 0 Å². The predicted octanol–water partition coefficient (Wildman–Crippen LogP) is 1.12. The molecule has 0 radical (unpaired) electrons. The van der Waals surface area contributed by atoms with Crippen molar-refractivity contribution < 1.29 is 13.2 Å². The fraction of sp³-hybridized carbons (Fsp3) is 1.00. The van der Waals surface area contributed by atoms with E-state index in [2.05, 4.69) is 0 Å². The average Bonchev–Trinajstić information content (AvgIpc) is 2.42. The number of hydrogen-bond acceptors (Lipinski definition) is 3. The van der Waals surface area contributed by atoms with Gasteiger partial charge in [0.25, 0.3) is 0 Å². The second-order valence-electron chi connectivity index (χ2n) is 3.58. The lowest BCUT2D eigenvalue weighted by Crippen LogP contribution is -2.22. The molecule has 2 fully saturated rings. The first-order valence-electron chi connectivity index (χ1n) is 4.12. The van der Waals surface area contributed by atoms with Crippen molar-refractivity contribution in [1.29, 1.82) is 0 Å². The molecule has 0 amide bonds. The summed E-state index contributed by atoms with van der Waals surface area (Å²) in [7, 11) is 1.83. The van der Waals surface area contributed by atoms with Gasteiger partial charge < -0.3 is 4.74 Å². The topological polar surface area (TPSA) is 43.4 Å². The molecular weight excluding hydrogens is 200 g/mol. The summed E-state index contributed by atoms with van der Waals surface area (Å²) in [5, 5.41) is 0. The molecule has 5 heteroatoms. The van der Waals surface area contributed by atoms with Gasteiger partial charge in [-0.1, -0.05) is 0 Å². The molecule has 3 unspecified atom stereocenters. The second kappa shape index (κ2) is 2.86. The molecule has 2 aliphatic rings. The Morgan fingerprint density at radius 2 is 2.17 bits per heavy atom. The Morgan fingerprint density at radius 3 is 2.58 bits per heavy atom. The Bertz CT molecular complexity index is 274. The lowest BCUT2D eigenvalue weighted by atomic mass is 9.91. The molecule has 2 rings (SSSR count). The van der Waals surface area contributed by atoms with Crippen molar-refractivity contribution in [3.63, 3.8) is 0 Å². The van der Waals surface area contributed by atoms with Crippen LogP contribution < -0.4 is 0 Å². The molecule has 2 heterocycles. The Hall–Kier alpha value is 0.200. The fourth-order valence-corrected chi connectivity index (χ4v) is 3.52. The van der Waals surface area contributed by atoms with Crippen LogP contribution in [0.1, 0.15) is 19.3 Å². The Labute approximate surface area is 76.5 Å². The largest absolute Gasteiger partial charge is 0.375 e. The van der Waals surface area contributed by atoms with Gasteiger partial charge in [0.05, 0.1) is 18.0 Å². The van der Waals surface area contributed by atoms with E-state index in [-0.39, 0.29) is 17.8 Å². The van der Waals surface area contributed by atoms with Gasteiger partial charge in [0.15, 0.2) is 0 Å². The molecule has 0 saturated carbocycles. The van der Waals surface area contributed by atoms with Crippen LogP contribution in [0.5, 0.6) is 0 Å². The monoisotopic (exact) mass is 210 g/mol. The van der Waals surface area contributed by atoms with E-state index in [4.69, 9.17) is 15.4 Å². The molecular formula is C7H11ClO3S. The molecule has 2 aliphatic heterocycles. The van der Waals surface area contributed by atoms with Gasteiger partial charge in [0.1, 0.15) is 0 Å². The number of ether oxygens (including phenoxy) is 1. The first-order chi connectivity index (χ1) is 5.54. The number of fused-ring (bicyclic) bond motifs is 2. The van der Waals surface area contributed by atoms with Crippen molar-refractivity contribution in [3.05, 3.63) is 0 Å². The highest BCUT2D eigenvalue weighted by Gasteiger charge is 2.42. The summed E-state index contributed by atoms with van der Waals surface area (Å²) in [5.41, 5.74) is 0. The summed E-state index contributed by atoms with van der Waals surface area (Å²) < 4.78 is 27.1. The second-order valence-corrected chi connectivity index (χ2v) is 6.40. The third-order valence-corrected chi connectivity index (χ3v) is 3.85. The predicted molar refractivity (Wildman–Crippen MR) is 45.6 cm³/mol. The van der Waals surface area contributed by atoms with Crippen LogP contribution in [0.25, 0.3) is 0 Å². The molecule has 0 aromatic rings. The number of halogens is 1. The first kappa shape index (κ1) is 8.78. The molecule has 0 aromatic heterocycles. The van der Waals surface area contributed by atoms with Crippen LogP contribution in [0.15, 0.2) is 0 Å². The highest BCUT2D eigenvalue weighted by Crippen LogP contribution is 2.39. The minimum Gasteiger partial charge on any atom is -0.375 e. The Morgan fingerprint density at radius 1 is 1.42 bits per heavy atom. The van der Waals surface area contributed by atoms with Crippen LogP contribution in [-0.2, 0) is 13.8 Å². The summed E-state index contributed by atoms with van der Waals surface area (Å²) in [6.45, 7) is 0. The maximum atomic E-state index is 10.8. The minimum atomic E-state index is -3.34. The van der Waals surface area contributed by atoms with Crippen molar-refractivity contribution in [2.45, 2.75) is 31.5 Å². The van der Waals surface area contributed by atoms with Crippen LogP contribution in [-0.4, -0.2) is 26.4 Å². The Kier molecular flexibility index (Phi) is 2.09. The Balaban J connectivity index is 2.00. The molecule has 70 valence electrons. The zero-order valence-corrected chi connectivity index (χ0v) is 8.14. The lowest BCUT2D eigenvalue weighted by molar-refractivity contribution is 0.0952. The molecule has 0 spiro atoms. The summed E-state index contributed by atoms with van der Waals surface area (Å²) >= 11 is 0. The summed E-state index contributed by atoms with van der Waals surface area (Å²) in [6.07, 6.45) is 3.42. The van der Waals surface area contributed by atoms with E-state index >= 15 is 0 Å². The zero-order valence-electron chi connectivity index (χ0n) is 6.57. The molecule has 2 saturated heterocycles. The van der Waals surface area contributed by atoms with E-state index in [1.165, 1.54) is 0 Å². The van der Waals surface area contributed by atoms with E-state index in [1.807, 2.05) is 0 Å². The van der Waals surface area contributed by atoms with Gasteiger partial charge in [-0.2, -0.15) is 0 Å². The molecule has 0 aromatic carbocycles.